The molecule has 1 aliphatic heterocycles. The topological polar surface area (TPSA) is 101 Å². The highest BCUT2D eigenvalue weighted by Crippen LogP contribution is 2.16. The van der Waals surface area contributed by atoms with Crippen molar-refractivity contribution >= 4 is 17.8 Å². The molecule has 0 spiro atoms. The largest absolute Gasteiger partial charge is 0.478 e. The van der Waals surface area contributed by atoms with Gasteiger partial charge >= 0.3 is 5.97 Å². The number of nitrogens with zero attached hydrogens (tertiary/aromatic N) is 1. The monoisotopic (exact) mass is 198 g/mol. The summed E-state index contributed by atoms with van der Waals surface area (Å²) in [6, 6.07) is -0.582. The Bertz CT molecular complexity index is 310. The molecule has 1 saturated heterocycles. The van der Waals surface area contributed by atoms with E-state index in [1.807, 2.05) is 0 Å². The molecule has 14 heavy (non-hydrogen) atoms. The zero-order valence-corrected chi connectivity index (χ0v) is 7.34. The summed E-state index contributed by atoms with van der Waals surface area (Å²) in [6.07, 6.45) is 2.19. The van der Waals surface area contributed by atoms with Crippen molar-refractivity contribution in [2.45, 2.75) is 12.5 Å². The third kappa shape index (κ3) is 2.09. The molecular formula is C8H10N2O4. The summed E-state index contributed by atoms with van der Waals surface area (Å²) >= 11 is 0. The number of aliphatic carboxylic acids is 1. The lowest BCUT2D eigenvalue weighted by Gasteiger charge is -2.37. The maximum absolute atomic E-state index is 11.2. The molecule has 0 bridgehead atoms. The van der Waals surface area contributed by atoms with E-state index in [-0.39, 0.29) is 0 Å². The molecule has 2 amide bonds. The van der Waals surface area contributed by atoms with Crippen LogP contribution in [0.4, 0.5) is 0 Å². The Balaban J connectivity index is 2.54. The molecule has 3 N–H and O–H groups in total. The highest BCUT2D eigenvalue weighted by Gasteiger charge is 2.34. The summed E-state index contributed by atoms with van der Waals surface area (Å²) < 4.78 is 0. The maximum atomic E-state index is 11.2. The number of amides is 2. The van der Waals surface area contributed by atoms with Gasteiger partial charge in [0.15, 0.2) is 0 Å². The van der Waals surface area contributed by atoms with Crippen LogP contribution in [0.5, 0.6) is 0 Å². The Labute approximate surface area is 80.0 Å². The third-order valence-corrected chi connectivity index (χ3v) is 2.00. The van der Waals surface area contributed by atoms with Crippen LogP contribution in [0.3, 0.4) is 0 Å². The van der Waals surface area contributed by atoms with Crippen LogP contribution in [-0.2, 0) is 14.4 Å². The first-order chi connectivity index (χ1) is 6.52. The SMILES string of the molecule is NC(=O)C1CCN1C(=O)/C=C/C(=O)O. The van der Waals surface area contributed by atoms with E-state index in [0.29, 0.717) is 13.0 Å². The quantitative estimate of drug-likeness (QED) is 0.551. The number of primary amides is 1. The molecule has 0 aromatic heterocycles. The van der Waals surface area contributed by atoms with E-state index in [1.165, 1.54) is 4.90 Å². The number of hydrogen-bond acceptors (Lipinski definition) is 3. The molecule has 1 atom stereocenters. The molecule has 0 aromatic carbocycles. The van der Waals surface area contributed by atoms with Crippen molar-refractivity contribution < 1.29 is 19.5 Å². The standard InChI is InChI=1S/C8H10N2O4/c9-8(14)5-3-4-10(5)6(11)1-2-7(12)13/h1-2,5H,3-4H2,(H2,9,14)(H,12,13)/b2-1+. The average Bonchev–Trinajstić information content (AvgIpc) is 1.97. The van der Waals surface area contributed by atoms with Gasteiger partial charge in [-0.25, -0.2) is 4.79 Å². The van der Waals surface area contributed by atoms with Gasteiger partial charge in [-0.3, -0.25) is 9.59 Å². The molecule has 6 nitrogen and oxygen atoms in total. The molecule has 1 heterocycles. The minimum absolute atomic E-state index is 0.441. The van der Waals surface area contributed by atoms with Crippen molar-refractivity contribution in [1.82, 2.24) is 4.90 Å². The van der Waals surface area contributed by atoms with Gasteiger partial charge in [0.1, 0.15) is 6.04 Å². The predicted molar refractivity (Wildman–Crippen MR) is 46.1 cm³/mol. The fraction of sp³-hybridized carbons (Fsp3) is 0.375. The summed E-state index contributed by atoms with van der Waals surface area (Å²) in [5.74, 6) is -2.26. The predicted octanol–water partition coefficient (Wildman–Crippen LogP) is -1.29. The van der Waals surface area contributed by atoms with E-state index in [9.17, 15) is 14.4 Å². The molecule has 1 rings (SSSR count). The van der Waals surface area contributed by atoms with Gasteiger partial charge in [0.05, 0.1) is 0 Å². The minimum atomic E-state index is -1.20. The summed E-state index contributed by atoms with van der Waals surface area (Å²) in [5.41, 5.74) is 5.01. The lowest BCUT2D eigenvalue weighted by molar-refractivity contribution is -0.142. The summed E-state index contributed by atoms with van der Waals surface area (Å²) in [5, 5.41) is 8.26. The fourth-order valence-electron chi connectivity index (χ4n) is 1.19. The number of rotatable bonds is 3. The van der Waals surface area contributed by atoms with Crippen molar-refractivity contribution in [2.24, 2.45) is 5.73 Å². The van der Waals surface area contributed by atoms with E-state index < -0.39 is 23.8 Å². The molecular weight excluding hydrogens is 188 g/mol. The van der Waals surface area contributed by atoms with E-state index in [1.54, 1.807) is 0 Å². The molecule has 1 unspecified atom stereocenters. The van der Waals surface area contributed by atoms with Crippen LogP contribution in [0.15, 0.2) is 12.2 Å². The zero-order chi connectivity index (χ0) is 10.7. The Morgan fingerprint density at radius 1 is 1.36 bits per heavy atom. The van der Waals surface area contributed by atoms with Gasteiger partial charge in [0.25, 0.3) is 0 Å². The van der Waals surface area contributed by atoms with Crippen LogP contribution in [0.2, 0.25) is 0 Å². The first-order valence-electron chi connectivity index (χ1n) is 4.03. The molecule has 0 aliphatic carbocycles. The molecule has 0 saturated carbocycles. The van der Waals surface area contributed by atoms with Crippen molar-refractivity contribution in [1.29, 1.82) is 0 Å². The molecule has 1 fully saturated rings. The zero-order valence-electron chi connectivity index (χ0n) is 7.34. The summed E-state index contributed by atoms with van der Waals surface area (Å²) in [6.45, 7) is 0.441. The van der Waals surface area contributed by atoms with Crippen LogP contribution in [0, 0.1) is 0 Å². The van der Waals surface area contributed by atoms with E-state index >= 15 is 0 Å². The van der Waals surface area contributed by atoms with E-state index in [2.05, 4.69) is 0 Å². The number of nitrogens with two attached hydrogens (primary N) is 1. The summed E-state index contributed by atoms with van der Waals surface area (Å²) in [4.78, 5) is 33.3. The lowest BCUT2D eigenvalue weighted by Crippen LogP contribution is -2.56. The van der Waals surface area contributed by atoms with Crippen molar-refractivity contribution in [3.05, 3.63) is 12.2 Å². The smallest absolute Gasteiger partial charge is 0.328 e. The van der Waals surface area contributed by atoms with Crippen LogP contribution in [-0.4, -0.2) is 40.4 Å². The second-order valence-electron chi connectivity index (χ2n) is 2.91. The second kappa shape index (κ2) is 3.91. The molecule has 1 aliphatic rings. The normalized spacial score (nSPS) is 20.6. The van der Waals surface area contributed by atoms with Crippen LogP contribution in [0.25, 0.3) is 0 Å². The second-order valence-corrected chi connectivity index (χ2v) is 2.91. The first kappa shape index (κ1) is 10.2. The lowest BCUT2D eigenvalue weighted by atomic mass is 10.0. The maximum Gasteiger partial charge on any atom is 0.328 e. The van der Waals surface area contributed by atoms with Crippen LogP contribution >= 0.6 is 0 Å². The van der Waals surface area contributed by atoms with Gasteiger partial charge in [0.2, 0.25) is 11.8 Å². The number of carboxylic acid groups (broad SMARTS) is 1. The molecule has 6 heteroatoms. The van der Waals surface area contributed by atoms with Crippen molar-refractivity contribution in [2.75, 3.05) is 6.54 Å². The van der Waals surface area contributed by atoms with Gasteiger partial charge in [-0.15, -0.1) is 0 Å². The molecule has 0 aromatic rings. The van der Waals surface area contributed by atoms with Crippen LogP contribution in [0.1, 0.15) is 6.42 Å². The number of carbonyl (C=O) groups is 3. The number of hydrogen-bond donors (Lipinski definition) is 2. The summed E-state index contributed by atoms with van der Waals surface area (Å²) in [7, 11) is 0. The van der Waals surface area contributed by atoms with Gasteiger partial charge in [0, 0.05) is 18.7 Å². The first-order valence-corrected chi connectivity index (χ1v) is 4.03. The van der Waals surface area contributed by atoms with Gasteiger partial charge in [-0.05, 0) is 6.42 Å². The van der Waals surface area contributed by atoms with E-state index in [4.69, 9.17) is 10.8 Å². The minimum Gasteiger partial charge on any atom is -0.478 e. The van der Waals surface area contributed by atoms with Crippen LogP contribution < -0.4 is 5.73 Å². The van der Waals surface area contributed by atoms with Gasteiger partial charge in [-0.1, -0.05) is 0 Å². The Kier molecular flexibility index (Phi) is 2.85. The Hall–Kier alpha value is -1.85. The number of carboxylic acids is 1. The molecule has 76 valence electrons. The third-order valence-electron chi connectivity index (χ3n) is 2.00. The van der Waals surface area contributed by atoms with Crippen molar-refractivity contribution in [3.8, 4) is 0 Å². The Morgan fingerprint density at radius 3 is 2.36 bits per heavy atom. The highest BCUT2D eigenvalue weighted by molar-refractivity contribution is 5.97. The molecule has 0 radical (unpaired) electrons. The fourth-order valence-corrected chi connectivity index (χ4v) is 1.19. The van der Waals surface area contributed by atoms with Crippen molar-refractivity contribution in [3.63, 3.8) is 0 Å². The Morgan fingerprint density at radius 2 is 2.00 bits per heavy atom. The van der Waals surface area contributed by atoms with E-state index in [0.717, 1.165) is 12.2 Å². The average molecular weight is 198 g/mol. The number of likely N-dealkylation sites (tertiary alicyclic amines) is 1. The number of carbonyl (C=O) groups excluding carboxylic acids is 2. The highest BCUT2D eigenvalue weighted by atomic mass is 16.4. The van der Waals surface area contributed by atoms with Gasteiger partial charge in [-0.2, -0.15) is 0 Å². The van der Waals surface area contributed by atoms with Gasteiger partial charge < -0.3 is 15.7 Å².